The Morgan fingerprint density at radius 3 is 2.30 bits per heavy atom. The normalized spacial score (nSPS) is 12.4. The van der Waals surface area contributed by atoms with Crippen LogP contribution < -0.4 is 4.74 Å². The highest BCUT2D eigenvalue weighted by molar-refractivity contribution is 7.80. The Kier molecular flexibility index (Phi) is 7.49. The summed E-state index contributed by atoms with van der Waals surface area (Å²) in [6.45, 7) is 7.48. The van der Waals surface area contributed by atoms with Gasteiger partial charge in [0.15, 0.2) is 11.7 Å². The van der Waals surface area contributed by atoms with Gasteiger partial charge in [-0.15, -0.1) is 0 Å². The van der Waals surface area contributed by atoms with Gasteiger partial charge in [-0.1, -0.05) is 19.1 Å². The average molecular weight is 338 g/mol. The van der Waals surface area contributed by atoms with E-state index in [1.165, 1.54) is 0 Å². The van der Waals surface area contributed by atoms with Crippen LogP contribution in [0.15, 0.2) is 24.3 Å². The van der Waals surface area contributed by atoms with Crippen molar-refractivity contribution in [2.75, 3.05) is 13.7 Å². The standard InChI is InChI=1S/C18H26O4S/c1-6-14(17(23)20-5)11-13-7-9-15(10-8-13)21-12-16(19)22-18(2,3)4/h7-10,14H,6,11-12H2,1-5H3. The van der Waals surface area contributed by atoms with Crippen LogP contribution in [-0.4, -0.2) is 30.3 Å². The summed E-state index contributed by atoms with van der Waals surface area (Å²) >= 11 is 5.22. The van der Waals surface area contributed by atoms with Gasteiger partial charge in [-0.25, -0.2) is 4.79 Å². The van der Waals surface area contributed by atoms with Gasteiger partial charge in [-0.05, 0) is 63.5 Å². The van der Waals surface area contributed by atoms with Crippen LogP contribution in [0, 0.1) is 5.92 Å². The Balaban J connectivity index is 2.53. The molecule has 4 nitrogen and oxygen atoms in total. The highest BCUT2D eigenvalue weighted by Gasteiger charge is 2.17. The van der Waals surface area contributed by atoms with E-state index < -0.39 is 5.60 Å². The first-order valence-electron chi connectivity index (χ1n) is 7.76. The van der Waals surface area contributed by atoms with E-state index in [2.05, 4.69) is 6.92 Å². The minimum absolute atomic E-state index is 0.0953. The summed E-state index contributed by atoms with van der Waals surface area (Å²) in [7, 11) is 1.61. The first-order valence-corrected chi connectivity index (χ1v) is 8.17. The van der Waals surface area contributed by atoms with Crippen molar-refractivity contribution in [1.82, 2.24) is 0 Å². The second kappa shape index (κ2) is 8.87. The third-order valence-electron chi connectivity index (χ3n) is 3.21. The third kappa shape index (κ3) is 7.46. The fourth-order valence-electron chi connectivity index (χ4n) is 2.08. The number of hydrogen-bond acceptors (Lipinski definition) is 5. The molecule has 1 aromatic carbocycles. The second-order valence-electron chi connectivity index (χ2n) is 6.35. The van der Waals surface area contributed by atoms with Crippen molar-refractivity contribution in [3.05, 3.63) is 29.8 Å². The second-order valence-corrected chi connectivity index (χ2v) is 6.75. The molecule has 0 aliphatic carbocycles. The molecule has 0 saturated heterocycles. The summed E-state index contributed by atoms with van der Waals surface area (Å²) in [5.41, 5.74) is 0.653. The number of ether oxygens (including phenoxy) is 3. The van der Waals surface area contributed by atoms with Crippen LogP contribution in [0.5, 0.6) is 5.75 Å². The van der Waals surface area contributed by atoms with Crippen molar-refractivity contribution in [1.29, 1.82) is 0 Å². The van der Waals surface area contributed by atoms with Gasteiger partial charge in [-0.2, -0.15) is 0 Å². The van der Waals surface area contributed by atoms with E-state index in [0.717, 1.165) is 18.4 Å². The van der Waals surface area contributed by atoms with Crippen molar-refractivity contribution >= 4 is 23.2 Å². The van der Waals surface area contributed by atoms with Gasteiger partial charge in [0.25, 0.3) is 0 Å². The molecule has 0 saturated carbocycles. The zero-order chi connectivity index (χ0) is 17.5. The summed E-state index contributed by atoms with van der Waals surface area (Å²) in [6, 6.07) is 7.65. The lowest BCUT2D eigenvalue weighted by Crippen LogP contribution is -2.27. The Hall–Kier alpha value is -1.62. The maximum atomic E-state index is 11.6. The van der Waals surface area contributed by atoms with Crippen LogP contribution in [-0.2, 0) is 20.7 Å². The summed E-state index contributed by atoms with van der Waals surface area (Å²) in [5, 5.41) is 0.637. The van der Waals surface area contributed by atoms with Crippen molar-refractivity contribution in [2.24, 2.45) is 5.92 Å². The smallest absolute Gasteiger partial charge is 0.344 e. The van der Waals surface area contributed by atoms with Crippen molar-refractivity contribution in [3.63, 3.8) is 0 Å². The molecule has 0 aliphatic heterocycles. The van der Waals surface area contributed by atoms with E-state index in [0.29, 0.717) is 10.8 Å². The molecule has 1 unspecified atom stereocenters. The maximum Gasteiger partial charge on any atom is 0.344 e. The lowest BCUT2D eigenvalue weighted by Gasteiger charge is -2.19. The fourth-order valence-corrected chi connectivity index (χ4v) is 2.33. The van der Waals surface area contributed by atoms with Gasteiger partial charge in [-0.3, -0.25) is 0 Å². The van der Waals surface area contributed by atoms with Gasteiger partial charge >= 0.3 is 5.97 Å². The lowest BCUT2D eigenvalue weighted by atomic mass is 9.97. The molecule has 128 valence electrons. The number of esters is 1. The summed E-state index contributed by atoms with van der Waals surface area (Å²) in [6.07, 6.45) is 1.76. The number of methoxy groups -OCH3 is 1. The zero-order valence-electron chi connectivity index (χ0n) is 14.5. The van der Waals surface area contributed by atoms with E-state index in [1.807, 2.05) is 45.0 Å². The molecule has 1 rings (SSSR count). The minimum Gasteiger partial charge on any atom is -0.490 e. The average Bonchev–Trinajstić information content (AvgIpc) is 2.49. The third-order valence-corrected chi connectivity index (χ3v) is 3.71. The summed E-state index contributed by atoms with van der Waals surface area (Å²) in [5.74, 6) is 0.489. The van der Waals surface area contributed by atoms with E-state index >= 15 is 0 Å². The quantitative estimate of drug-likeness (QED) is 0.556. The molecule has 0 amide bonds. The van der Waals surface area contributed by atoms with Crippen LogP contribution in [0.2, 0.25) is 0 Å². The molecule has 0 aliphatic rings. The van der Waals surface area contributed by atoms with Crippen molar-refractivity contribution < 1.29 is 19.0 Å². The van der Waals surface area contributed by atoms with Gasteiger partial charge in [0.2, 0.25) is 0 Å². The number of carbonyl (C=O) groups is 1. The highest BCUT2D eigenvalue weighted by atomic mass is 32.1. The van der Waals surface area contributed by atoms with Gasteiger partial charge < -0.3 is 14.2 Å². The molecule has 1 aromatic rings. The van der Waals surface area contributed by atoms with E-state index in [-0.39, 0.29) is 18.5 Å². The molecule has 0 heterocycles. The molecule has 0 spiro atoms. The molecular formula is C18H26O4S. The molecule has 0 radical (unpaired) electrons. The molecule has 0 fully saturated rings. The van der Waals surface area contributed by atoms with Crippen LogP contribution in [0.25, 0.3) is 0 Å². The zero-order valence-corrected chi connectivity index (χ0v) is 15.4. The van der Waals surface area contributed by atoms with E-state index in [1.54, 1.807) is 7.11 Å². The fraction of sp³-hybridized carbons (Fsp3) is 0.556. The molecular weight excluding hydrogens is 312 g/mol. The summed E-state index contributed by atoms with van der Waals surface area (Å²) < 4.78 is 15.8. The van der Waals surface area contributed by atoms with E-state index in [9.17, 15) is 4.79 Å². The van der Waals surface area contributed by atoms with Crippen LogP contribution >= 0.6 is 12.2 Å². The van der Waals surface area contributed by atoms with Gasteiger partial charge in [0.05, 0.1) is 7.11 Å². The number of rotatable bonds is 7. The lowest BCUT2D eigenvalue weighted by molar-refractivity contribution is -0.157. The Morgan fingerprint density at radius 1 is 1.22 bits per heavy atom. The van der Waals surface area contributed by atoms with Crippen LogP contribution in [0.4, 0.5) is 0 Å². The maximum absolute atomic E-state index is 11.6. The largest absolute Gasteiger partial charge is 0.490 e. The van der Waals surface area contributed by atoms with Crippen LogP contribution in [0.3, 0.4) is 0 Å². The molecule has 23 heavy (non-hydrogen) atoms. The first kappa shape index (κ1) is 19.4. The van der Waals surface area contributed by atoms with Gasteiger partial charge in [0.1, 0.15) is 11.4 Å². The molecule has 0 aromatic heterocycles. The Morgan fingerprint density at radius 2 is 1.83 bits per heavy atom. The van der Waals surface area contributed by atoms with Crippen LogP contribution in [0.1, 0.15) is 39.7 Å². The predicted octanol–water partition coefficient (Wildman–Crippen LogP) is 3.95. The highest BCUT2D eigenvalue weighted by Crippen LogP contribution is 2.18. The minimum atomic E-state index is -0.501. The monoisotopic (exact) mass is 338 g/mol. The number of thiocarbonyl (C=S) groups is 1. The Labute approximate surface area is 144 Å². The molecule has 1 atom stereocenters. The molecule has 5 heteroatoms. The topological polar surface area (TPSA) is 44.8 Å². The SMILES string of the molecule is CCC(Cc1ccc(OCC(=O)OC(C)(C)C)cc1)C(=S)OC. The number of hydrogen-bond donors (Lipinski definition) is 0. The number of benzene rings is 1. The Bertz CT molecular complexity index is 517. The number of carbonyl (C=O) groups excluding carboxylic acids is 1. The first-order chi connectivity index (χ1) is 10.7. The molecule has 0 N–H and O–H groups in total. The summed E-state index contributed by atoms with van der Waals surface area (Å²) in [4.78, 5) is 11.6. The van der Waals surface area contributed by atoms with Crippen molar-refractivity contribution in [3.8, 4) is 5.75 Å². The molecule has 0 bridgehead atoms. The van der Waals surface area contributed by atoms with Crippen molar-refractivity contribution in [2.45, 2.75) is 46.1 Å². The predicted molar refractivity (Wildman–Crippen MR) is 94.9 cm³/mol. The van der Waals surface area contributed by atoms with Gasteiger partial charge in [0, 0.05) is 5.92 Å². The van der Waals surface area contributed by atoms with E-state index in [4.69, 9.17) is 26.4 Å².